The molecule has 6 heteroatoms. The third-order valence-electron chi connectivity index (χ3n) is 2.92. The summed E-state index contributed by atoms with van der Waals surface area (Å²) in [4.78, 5) is 26.8. The Kier molecular flexibility index (Phi) is 5.78. The van der Waals surface area contributed by atoms with E-state index in [4.69, 9.17) is 5.11 Å². The average Bonchev–Trinajstić information content (AvgIpc) is 2.42. The predicted octanol–water partition coefficient (Wildman–Crippen LogP) is 1.38. The van der Waals surface area contributed by atoms with E-state index in [2.05, 4.69) is 15.6 Å². The molecule has 2 atom stereocenters. The molecule has 0 bridgehead atoms. The van der Waals surface area contributed by atoms with Crippen LogP contribution in [-0.4, -0.2) is 28.1 Å². The lowest BCUT2D eigenvalue weighted by Crippen LogP contribution is -2.48. The predicted molar refractivity (Wildman–Crippen MR) is 70.5 cm³/mol. The summed E-state index contributed by atoms with van der Waals surface area (Å²) >= 11 is 0. The van der Waals surface area contributed by atoms with Gasteiger partial charge in [-0.2, -0.15) is 0 Å². The lowest BCUT2D eigenvalue weighted by atomic mass is 9.99. The van der Waals surface area contributed by atoms with Crippen molar-refractivity contribution in [3.63, 3.8) is 0 Å². The lowest BCUT2D eigenvalue weighted by Gasteiger charge is -2.20. The zero-order valence-corrected chi connectivity index (χ0v) is 11.1. The molecule has 0 fully saturated rings. The largest absolute Gasteiger partial charge is 0.480 e. The quantitative estimate of drug-likeness (QED) is 0.724. The van der Waals surface area contributed by atoms with Crippen molar-refractivity contribution in [2.45, 2.75) is 32.9 Å². The normalized spacial score (nSPS) is 13.4. The number of carboxylic acids is 1. The summed E-state index contributed by atoms with van der Waals surface area (Å²) in [6.45, 7) is 3.94. The van der Waals surface area contributed by atoms with Crippen LogP contribution in [0.5, 0.6) is 0 Å². The van der Waals surface area contributed by atoms with Crippen LogP contribution in [0, 0.1) is 5.92 Å². The number of amides is 2. The number of carboxylic acid groups (broad SMARTS) is 1. The van der Waals surface area contributed by atoms with Crippen molar-refractivity contribution >= 4 is 12.0 Å². The van der Waals surface area contributed by atoms with Crippen LogP contribution in [0.1, 0.15) is 26.0 Å². The molecule has 0 radical (unpaired) electrons. The van der Waals surface area contributed by atoms with Crippen molar-refractivity contribution in [1.82, 2.24) is 15.6 Å². The molecule has 6 nitrogen and oxygen atoms in total. The SMILES string of the molecule is CC[C@@H](C)[C@H](NC(=O)NCc1ccccn1)C(=O)O. The molecule has 0 aliphatic rings. The summed E-state index contributed by atoms with van der Waals surface area (Å²) in [7, 11) is 0. The number of hydrogen-bond donors (Lipinski definition) is 3. The van der Waals surface area contributed by atoms with Crippen LogP contribution >= 0.6 is 0 Å². The van der Waals surface area contributed by atoms with Crippen molar-refractivity contribution in [2.75, 3.05) is 0 Å². The summed E-state index contributed by atoms with van der Waals surface area (Å²) < 4.78 is 0. The Morgan fingerprint density at radius 2 is 2.16 bits per heavy atom. The maximum absolute atomic E-state index is 11.6. The number of aliphatic carboxylic acids is 1. The van der Waals surface area contributed by atoms with Crippen LogP contribution < -0.4 is 10.6 Å². The highest BCUT2D eigenvalue weighted by Crippen LogP contribution is 2.07. The Morgan fingerprint density at radius 1 is 1.42 bits per heavy atom. The second-order valence-corrected chi connectivity index (χ2v) is 4.35. The molecule has 0 saturated carbocycles. The Balaban J connectivity index is 2.47. The van der Waals surface area contributed by atoms with Gasteiger partial charge in [-0.1, -0.05) is 26.3 Å². The van der Waals surface area contributed by atoms with E-state index in [1.165, 1.54) is 0 Å². The molecule has 0 aliphatic carbocycles. The van der Waals surface area contributed by atoms with Gasteiger partial charge in [0, 0.05) is 6.20 Å². The molecular formula is C13H19N3O3. The first-order chi connectivity index (χ1) is 9.04. The average molecular weight is 265 g/mol. The van der Waals surface area contributed by atoms with E-state index in [1.807, 2.05) is 13.0 Å². The molecule has 2 amide bonds. The second-order valence-electron chi connectivity index (χ2n) is 4.35. The van der Waals surface area contributed by atoms with Gasteiger partial charge in [-0.25, -0.2) is 9.59 Å². The number of carbonyl (C=O) groups is 2. The van der Waals surface area contributed by atoms with Crippen LogP contribution in [-0.2, 0) is 11.3 Å². The van der Waals surface area contributed by atoms with Gasteiger partial charge in [-0.3, -0.25) is 4.98 Å². The molecule has 104 valence electrons. The van der Waals surface area contributed by atoms with E-state index >= 15 is 0 Å². The number of nitrogens with one attached hydrogen (secondary N) is 2. The molecule has 1 rings (SSSR count). The van der Waals surface area contributed by atoms with Gasteiger partial charge in [-0.05, 0) is 18.1 Å². The van der Waals surface area contributed by atoms with Gasteiger partial charge in [-0.15, -0.1) is 0 Å². The Hall–Kier alpha value is -2.11. The van der Waals surface area contributed by atoms with Gasteiger partial charge >= 0.3 is 12.0 Å². The molecule has 19 heavy (non-hydrogen) atoms. The molecule has 1 aromatic rings. The second kappa shape index (κ2) is 7.35. The lowest BCUT2D eigenvalue weighted by molar-refractivity contribution is -0.140. The van der Waals surface area contributed by atoms with E-state index in [9.17, 15) is 9.59 Å². The van der Waals surface area contributed by atoms with Crippen LogP contribution in [0.2, 0.25) is 0 Å². The maximum atomic E-state index is 11.6. The molecule has 0 saturated heterocycles. The first-order valence-corrected chi connectivity index (χ1v) is 6.21. The highest BCUT2D eigenvalue weighted by molar-refractivity contribution is 5.82. The third-order valence-corrected chi connectivity index (χ3v) is 2.92. The van der Waals surface area contributed by atoms with Crippen molar-refractivity contribution in [3.8, 4) is 0 Å². The fourth-order valence-corrected chi connectivity index (χ4v) is 1.55. The minimum atomic E-state index is -1.03. The van der Waals surface area contributed by atoms with Crippen LogP contribution in [0.25, 0.3) is 0 Å². The van der Waals surface area contributed by atoms with Crippen molar-refractivity contribution in [2.24, 2.45) is 5.92 Å². The van der Waals surface area contributed by atoms with Gasteiger partial charge in [0.2, 0.25) is 0 Å². The number of rotatable bonds is 6. The van der Waals surface area contributed by atoms with E-state index in [0.717, 1.165) is 0 Å². The number of urea groups is 1. The van der Waals surface area contributed by atoms with Gasteiger partial charge in [0.05, 0.1) is 12.2 Å². The van der Waals surface area contributed by atoms with Crippen molar-refractivity contribution in [1.29, 1.82) is 0 Å². The minimum absolute atomic E-state index is 0.127. The molecule has 0 spiro atoms. The Labute approximate surface area is 112 Å². The monoisotopic (exact) mass is 265 g/mol. The van der Waals surface area contributed by atoms with E-state index in [-0.39, 0.29) is 12.5 Å². The summed E-state index contributed by atoms with van der Waals surface area (Å²) in [6, 6.07) is 4.00. The number of pyridine rings is 1. The van der Waals surface area contributed by atoms with Crippen molar-refractivity contribution in [3.05, 3.63) is 30.1 Å². The minimum Gasteiger partial charge on any atom is -0.480 e. The van der Waals surface area contributed by atoms with Crippen LogP contribution in [0.15, 0.2) is 24.4 Å². The fourth-order valence-electron chi connectivity index (χ4n) is 1.55. The molecule has 3 N–H and O–H groups in total. The topological polar surface area (TPSA) is 91.3 Å². The highest BCUT2D eigenvalue weighted by Gasteiger charge is 2.25. The van der Waals surface area contributed by atoms with Crippen LogP contribution in [0.4, 0.5) is 4.79 Å². The summed E-state index contributed by atoms with van der Waals surface area (Å²) in [5.41, 5.74) is 0.716. The molecule has 1 heterocycles. The first-order valence-electron chi connectivity index (χ1n) is 6.21. The van der Waals surface area contributed by atoms with Gasteiger partial charge in [0.15, 0.2) is 0 Å². The van der Waals surface area contributed by atoms with Crippen LogP contribution in [0.3, 0.4) is 0 Å². The first kappa shape index (κ1) is 14.9. The molecule has 0 aliphatic heterocycles. The zero-order valence-electron chi connectivity index (χ0n) is 11.1. The standard InChI is InChI=1S/C13H19N3O3/c1-3-9(2)11(12(17)18)16-13(19)15-8-10-6-4-5-7-14-10/h4-7,9,11H,3,8H2,1-2H3,(H,17,18)(H2,15,16,19)/t9-,11+/m1/s1. The maximum Gasteiger partial charge on any atom is 0.326 e. The van der Waals surface area contributed by atoms with E-state index in [0.29, 0.717) is 12.1 Å². The molecule has 1 aromatic heterocycles. The smallest absolute Gasteiger partial charge is 0.326 e. The fraction of sp³-hybridized carbons (Fsp3) is 0.462. The third kappa shape index (κ3) is 4.95. The summed E-state index contributed by atoms with van der Waals surface area (Å²) in [6.07, 6.45) is 2.31. The molecular weight excluding hydrogens is 246 g/mol. The number of carbonyl (C=O) groups excluding carboxylic acids is 1. The number of hydrogen-bond acceptors (Lipinski definition) is 3. The molecule has 0 aromatic carbocycles. The highest BCUT2D eigenvalue weighted by atomic mass is 16.4. The summed E-state index contributed by atoms with van der Waals surface area (Å²) in [5.74, 6) is -1.15. The number of aromatic nitrogens is 1. The van der Waals surface area contributed by atoms with Gasteiger partial charge < -0.3 is 15.7 Å². The van der Waals surface area contributed by atoms with Gasteiger partial charge in [0.1, 0.15) is 6.04 Å². The Morgan fingerprint density at radius 3 is 2.68 bits per heavy atom. The molecule has 0 unspecified atom stereocenters. The van der Waals surface area contributed by atoms with Crippen molar-refractivity contribution < 1.29 is 14.7 Å². The zero-order chi connectivity index (χ0) is 14.3. The van der Waals surface area contributed by atoms with E-state index in [1.54, 1.807) is 25.3 Å². The Bertz CT molecular complexity index is 422. The summed E-state index contributed by atoms with van der Waals surface area (Å²) in [5, 5.41) is 14.1. The van der Waals surface area contributed by atoms with Gasteiger partial charge in [0.25, 0.3) is 0 Å². The van der Waals surface area contributed by atoms with E-state index < -0.39 is 18.0 Å². The number of nitrogens with zero attached hydrogens (tertiary/aromatic N) is 1.